The zero-order chi connectivity index (χ0) is 18.1. The number of ether oxygens (including phenoxy) is 1. The van der Waals surface area contributed by atoms with Crippen molar-refractivity contribution in [3.05, 3.63) is 28.7 Å². The van der Waals surface area contributed by atoms with E-state index in [1.807, 2.05) is 0 Å². The first-order valence-corrected chi connectivity index (χ1v) is 8.69. The van der Waals surface area contributed by atoms with Crippen molar-refractivity contribution < 1.29 is 29.3 Å². The van der Waals surface area contributed by atoms with Gasteiger partial charge < -0.3 is 14.9 Å². The second-order valence-electron chi connectivity index (χ2n) is 5.83. The van der Waals surface area contributed by atoms with Crippen molar-refractivity contribution in [3.63, 3.8) is 0 Å². The van der Waals surface area contributed by atoms with E-state index in [1.165, 1.54) is 24.3 Å². The van der Waals surface area contributed by atoms with E-state index < -0.39 is 23.2 Å². The van der Waals surface area contributed by atoms with Gasteiger partial charge in [-0.2, -0.15) is 0 Å². The van der Waals surface area contributed by atoms with Gasteiger partial charge >= 0.3 is 5.97 Å². The minimum atomic E-state index is -0.883. The van der Waals surface area contributed by atoms with Crippen LogP contribution in [0.2, 0.25) is 0 Å². The summed E-state index contributed by atoms with van der Waals surface area (Å²) in [4.78, 5) is 38.3. The highest BCUT2D eigenvalue weighted by Crippen LogP contribution is 2.42. The Hall–Kier alpha value is -2.48. The number of hydrogen-bond acceptors (Lipinski definition) is 7. The van der Waals surface area contributed by atoms with Crippen LogP contribution < -0.4 is 0 Å². The summed E-state index contributed by atoms with van der Waals surface area (Å²) in [6.07, 6.45) is 2.99. The van der Waals surface area contributed by atoms with Crippen LogP contribution in [0.5, 0.6) is 11.5 Å². The predicted molar refractivity (Wildman–Crippen MR) is 90.7 cm³/mol. The van der Waals surface area contributed by atoms with Crippen molar-refractivity contribution in [3.8, 4) is 11.5 Å². The summed E-state index contributed by atoms with van der Waals surface area (Å²) in [6, 6.07) is 3.20. The van der Waals surface area contributed by atoms with Crippen LogP contribution in [0.4, 0.5) is 4.79 Å². The second kappa shape index (κ2) is 6.79. The monoisotopic (exact) mass is 363 g/mol. The summed E-state index contributed by atoms with van der Waals surface area (Å²) < 4.78 is 5.02. The summed E-state index contributed by atoms with van der Waals surface area (Å²) in [5, 5.41) is 18.4. The highest BCUT2D eigenvalue weighted by Gasteiger charge is 2.50. The molecule has 1 aromatic carbocycles. The summed E-state index contributed by atoms with van der Waals surface area (Å²) >= 11 is 0.742. The average molecular weight is 363 g/mol. The molecular weight excluding hydrogens is 346 g/mol. The molecule has 3 rings (SSSR count). The van der Waals surface area contributed by atoms with Crippen molar-refractivity contribution >= 4 is 35.0 Å². The molecular formula is C17H17NO6S. The molecule has 1 aromatic rings. The molecule has 2 fully saturated rings. The number of nitrogens with zero attached hydrogens (tertiary/aromatic N) is 1. The minimum absolute atomic E-state index is 0.0513. The second-order valence-corrected chi connectivity index (χ2v) is 6.83. The normalized spacial score (nSPS) is 20.2. The number of amides is 2. The van der Waals surface area contributed by atoms with Gasteiger partial charge in [0.15, 0.2) is 11.5 Å². The van der Waals surface area contributed by atoms with Gasteiger partial charge in [0.2, 0.25) is 0 Å². The number of phenols is 2. The third kappa shape index (κ3) is 3.48. The number of carbonyl (C=O) groups excluding carboxylic acids is 3. The lowest BCUT2D eigenvalue weighted by atomic mass is 10.1. The van der Waals surface area contributed by atoms with Crippen molar-refractivity contribution in [2.45, 2.75) is 25.8 Å². The molecule has 8 heteroatoms. The number of esters is 1. The quantitative estimate of drug-likeness (QED) is 0.470. The molecule has 0 aromatic heterocycles. The molecule has 0 radical (unpaired) electrons. The summed E-state index contributed by atoms with van der Waals surface area (Å²) in [6.45, 7) is 1.85. The molecule has 2 N–H and O–H groups in total. The van der Waals surface area contributed by atoms with E-state index in [4.69, 9.17) is 4.74 Å². The van der Waals surface area contributed by atoms with E-state index in [-0.39, 0.29) is 28.9 Å². The van der Waals surface area contributed by atoms with E-state index in [0.29, 0.717) is 5.56 Å². The number of aromatic hydroxyl groups is 2. The fraction of sp³-hybridized carbons (Fsp3) is 0.353. The highest BCUT2D eigenvalue weighted by atomic mass is 32.2. The Kier molecular flexibility index (Phi) is 4.71. The minimum Gasteiger partial charge on any atom is -0.504 e. The van der Waals surface area contributed by atoms with Crippen LogP contribution in [0.3, 0.4) is 0 Å². The molecule has 2 aliphatic rings. The number of imide groups is 1. The first-order valence-electron chi connectivity index (χ1n) is 7.88. The third-order valence-corrected chi connectivity index (χ3v) is 4.88. The van der Waals surface area contributed by atoms with Gasteiger partial charge in [0.25, 0.3) is 11.1 Å². The summed E-state index contributed by atoms with van der Waals surface area (Å²) in [5.74, 6) is -1.76. The molecule has 1 unspecified atom stereocenters. The van der Waals surface area contributed by atoms with E-state index >= 15 is 0 Å². The van der Waals surface area contributed by atoms with Gasteiger partial charge in [-0.15, -0.1) is 0 Å². The first-order chi connectivity index (χ1) is 11.9. The lowest BCUT2D eigenvalue weighted by molar-refractivity contribution is -0.152. The van der Waals surface area contributed by atoms with Crippen LogP contribution in [-0.4, -0.2) is 44.9 Å². The number of thioether (sulfide) groups is 1. The van der Waals surface area contributed by atoms with Crippen LogP contribution in [0.1, 0.15) is 25.3 Å². The molecule has 132 valence electrons. The topological polar surface area (TPSA) is 104 Å². The Balaban J connectivity index is 1.87. The van der Waals surface area contributed by atoms with E-state index in [0.717, 1.165) is 29.5 Å². The molecule has 1 saturated carbocycles. The van der Waals surface area contributed by atoms with Gasteiger partial charge in [-0.3, -0.25) is 14.5 Å². The Bertz CT molecular complexity index is 770. The van der Waals surface area contributed by atoms with Crippen molar-refractivity contribution in [2.24, 2.45) is 5.92 Å². The average Bonchev–Trinajstić information content (AvgIpc) is 3.35. The zero-order valence-corrected chi connectivity index (χ0v) is 14.3. The van der Waals surface area contributed by atoms with E-state index in [1.54, 1.807) is 6.92 Å². The number of benzene rings is 1. The number of rotatable bonds is 5. The predicted octanol–water partition coefficient (Wildman–Crippen LogP) is 2.48. The number of hydrogen-bond donors (Lipinski definition) is 2. The standard InChI is InChI=1S/C17H17NO6S/c1-2-24-16(22)14(10-4-5-10)18-15(21)13(25-17(18)23)8-9-3-6-11(19)12(20)7-9/h3,6-8,10,14,19-20H,2,4-5H2,1H3/b13-8-. The Morgan fingerprint density at radius 3 is 2.68 bits per heavy atom. The van der Waals surface area contributed by atoms with Gasteiger partial charge in [-0.1, -0.05) is 6.07 Å². The fourth-order valence-corrected chi connectivity index (χ4v) is 3.51. The molecule has 2 amide bonds. The van der Waals surface area contributed by atoms with Gasteiger partial charge in [-0.25, -0.2) is 4.79 Å². The van der Waals surface area contributed by atoms with Gasteiger partial charge in [-0.05, 0) is 61.2 Å². The lowest BCUT2D eigenvalue weighted by Crippen LogP contribution is -2.46. The lowest BCUT2D eigenvalue weighted by Gasteiger charge is -2.23. The maximum atomic E-state index is 12.7. The maximum Gasteiger partial charge on any atom is 0.329 e. The van der Waals surface area contributed by atoms with Crippen molar-refractivity contribution in [1.29, 1.82) is 0 Å². The molecule has 1 heterocycles. The Labute approximate surface area is 148 Å². The Morgan fingerprint density at radius 2 is 2.08 bits per heavy atom. The van der Waals surface area contributed by atoms with E-state index in [9.17, 15) is 24.6 Å². The van der Waals surface area contributed by atoms with Crippen molar-refractivity contribution in [2.75, 3.05) is 6.61 Å². The molecule has 1 atom stereocenters. The SMILES string of the molecule is CCOC(=O)C(C1CC1)N1C(=O)S/C(=C\c2ccc(O)c(O)c2)C1=O. The third-order valence-electron chi connectivity index (χ3n) is 4.00. The molecule has 7 nitrogen and oxygen atoms in total. The summed E-state index contributed by atoms with van der Waals surface area (Å²) in [7, 11) is 0. The van der Waals surface area contributed by atoms with Crippen LogP contribution >= 0.6 is 11.8 Å². The molecule has 1 aliphatic carbocycles. The largest absolute Gasteiger partial charge is 0.504 e. The number of phenolic OH excluding ortho intramolecular Hbond substituents is 2. The van der Waals surface area contributed by atoms with Gasteiger partial charge in [0.05, 0.1) is 11.5 Å². The zero-order valence-electron chi connectivity index (χ0n) is 13.5. The molecule has 25 heavy (non-hydrogen) atoms. The fourth-order valence-electron chi connectivity index (χ4n) is 2.65. The van der Waals surface area contributed by atoms with Crippen LogP contribution in [0.25, 0.3) is 6.08 Å². The number of carbonyl (C=O) groups is 3. The van der Waals surface area contributed by atoms with Crippen LogP contribution in [0.15, 0.2) is 23.1 Å². The summed E-state index contributed by atoms with van der Waals surface area (Å²) in [5.41, 5.74) is 0.458. The molecule has 0 spiro atoms. The maximum absolute atomic E-state index is 12.7. The van der Waals surface area contributed by atoms with Crippen LogP contribution in [0, 0.1) is 5.92 Å². The highest BCUT2D eigenvalue weighted by molar-refractivity contribution is 8.18. The van der Waals surface area contributed by atoms with Crippen LogP contribution in [-0.2, 0) is 14.3 Å². The Morgan fingerprint density at radius 1 is 1.36 bits per heavy atom. The molecule has 0 bridgehead atoms. The smallest absolute Gasteiger partial charge is 0.329 e. The van der Waals surface area contributed by atoms with Gasteiger partial charge in [0, 0.05) is 0 Å². The van der Waals surface area contributed by atoms with Crippen molar-refractivity contribution in [1.82, 2.24) is 4.90 Å². The van der Waals surface area contributed by atoms with E-state index in [2.05, 4.69) is 0 Å². The molecule has 1 aliphatic heterocycles. The first kappa shape index (κ1) is 17.3. The molecule has 1 saturated heterocycles. The van der Waals surface area contributed by atoms with Gasteiger partial charge in [0.1, 0.15) is 6.04 Å².